The first-order valence-corrected chi connectivity index (χ1v) is 9.01. The molecule has 1 amide bonds. The molecule has 0 radical (unpaired) electrons. The molecule has 1 N–H and O–H groups in total. The number of carbonyl (C=O) groups excluding carboxylic acids is 1. The molecule has 0 spiro atoms. The molecule has 1 aliphatic heterocycles. The molecular weight excluding hydrogens is 338 g/mol. The third-order valence-electron chi connectivity index (χ3n) is 4.93. The van der Waals surface area contributed by atoms with Gasteiger partial charge in [-0.05, 0) is 31.0 Å². The first-order chi connectivity index (χ1) is 13.2. The summed E-state index contributed by atoms with van der Waals surface area (Å²) in [5.41, 5.74) is 2.87. The SMILES string of the molecule is N#Cc1ccc(C(=O)N2CCC(c3nccc(-c4ccccc4)n3)CC2)[nH]1. The highest BCUT2D eigenvalue weighted by Gasteiger charge is 2.26. The highest BCUT2D eigenvalue weighted by Crippen LogP contribution is 2.27. The molecule has 1 fully saturated rings. The van der Waals surface area contributed by atoms with Gasteiger partial charge in [0.2, 0.25) is 0 Å². The van der Waals surface area contributed by atoms with E-state index < -0.39 is 0 Å². The summed E-state index contributed by atoms with van der Waals surface area (Å²) >= 11 is 0. The maximum absolute atomic E-state index is 12.6. The first-order valence-electron chi connectivity index (χ1n) is 9.01. The predicted molar refractivity (Wildman–Crippen MR) is 101 cm³/mol. The Morgan fingerprint density at radius 2 is 1.89 bits per heavy atom. The van der Waals surface area contributed by atoms with Crippen molar-refractivity contribution < 1.29 is 4.79 Å². The van der Waals surface area contributed by atoms with E-state index in [9.17, 15) is 4.79 Å². The molecule has 2 aromatic heterocycles. The summed E-state index contributed by atoms with van der Waals surface area (Å²) in [5, 5.41) is 8.89. The number of rotatable bonds is 3. The lowest BCUT2D eigenvalue weighted by atomic mass is 9.95. The molecule has 0 aliphatic carbocycles. The van der Waals surface area contributed by atoms with E-state index in [1.807, 2.05) is 53.6 Å². The van der Waals surface area contributed by atoms with Crippen molar-refractivity contribution in [1.82, 2.24) is 19.9 Å². The fourth-order valence-corrected chi connectivity index (χ4v) is 3.44. The van der Waals surface area contributed by atoms with Crippen molar-refractivity contribution >= 4 is 5.91 Å². The minimum Gasteiger partial charge on any atom is -0.342 e. The molecule has 134 valence electrons. The summed E-state index contributed by atoms with van der Waals surface area (Å²) in [7, 11) is 0. The normalized spacial score (nSPS) is 14.7. The van der Waals surface area contributed by atoms with Gasteiger partial charge in [0, 0.05) is 30.8 Å². The van der Waals surface area contributed by atoms with Crippen LogP contribution in [0.5, 0.6) is 0 Å². The van der Waals surface area contributed by atoms with Crippen molar-refractivity contribution in [3.8, 4) is 17.3 Å². The highest BCUT2D eigenvalue weighted by atomic mass is 16.2. The minimum atomic E-state index is -0.0612. The molecule has 3 heterocycles. The molecule has 1 aromatic carbocycles. The zero-order valence-corrected chi connectivity index (χ0v) is 14.8. The molecule has 0 unspecified atom stereocenters. The van der Waals surface area contributed by atoms with E-state index >= 15 is 0 Å². The number of amides is 1. The number of carbonyl (C=O) groups is 1. The average molecular weight is 357 g/mol. The highest BCUT2D eigenvalue weighted by molar-refractivity contribution is 5.92. The number of aromatic amines is 1. The molecule has 0 atom stereocenters. The van der Waals surface area contributed by atoms with Crippen molar-refractivity contribution in [2.45, 2.75) is 18.8 Å². The number of aromatic nitrogens is 3. The monoisotopic (exact) mass is 357 g/mol. The largest absolute Gasteiger partial charge is 0.342 e. The van der Waals surface area contributed by atoms with E-state index in [1.54, 1.807) is 12.1 Å². The summed E-state index contributed by atoms with van der Waals surface area (Å²) < 4.78 is 0. The van der Waals surface area contributed by atoms with Gasteiger partial charge in [-0.2, -0.15) is 5.26 Å². The van der Waals surface area contributed by atoms with Crippen LogP contribution in [0, 0.1) is 11.3 Å². The van der Waals surface area contributed by atoms with Crippen molar-refractivity contribution in [2.75, 3.05) is 13.1 Å². The molecule has 3 aromatic rings. The molecule has 1 aliphatic rings. The van der Waals surface area contributed by atoms with Gasteiger partial charge >= 0.3 is 0 Å². The van der Waals surface area contributed by atoms with E-state index in [0.717, 1.165) is 29.9 Å². The number of nitrogens with one attached hydrogen (secondary N) is 1. The second kappa shape index (κ2) is 7.42. The summed E-state index contributed by atoms with van der Waals surface area (Å²) in [6.07, 6.45) is 3.47. The van der Waals surface area contributed by atoms with Crippen LogP contribution in [-0.4, -0.2) is 38.8 Å². The quantitative estimate of drug-likeness (QED) is 0.779. The van der Waals surface area contributed by atoms with E-state index in [4.69, 9.17) is 10.2 Å². The number of nitriles is 1. The number of nitrogens with zero attached hydrogens (tertiary/aromatic N) is 4. The predicted octanol–water partition coefficient (Wildman–Crippen LogP) is 3.36. The van der Waals surface area contributed by atoms with E-state index in [1.165, 1.54) is 0 Å². The number of H-pyrrole nitrogens is 1. The van der Waals surface area contributed by atoms with Crippen LogP contribution in [0.3, 0.4) is 0 Å². The van der Waals surface area contributed by atoms with Gasteiger partial charge in [0.05, 0.1) is 5.69 Å². The number of likely N-dealkylation sites (tertiary alicyclic amines) is 1. The Bertz CT molecular complexity index is 981. The zero-order valence-electron chi connectivity index (χ0n) is 14.8. The summed E-state index contributed by atoms with van der Waals surface area (Å²) in [5.74, 6) is 1.03. The Hall–Kier alpha value is -3.46. The van der Waals surface area contributed by atoms with E-state index in [2.05, 4.69) is 9.97 Å². The van der Waals surface area contributed by atoms with Gasteiger partial charge in [0.1, 0.15) is 23.3 Å². The van der Waals surface area contributed by atoms with E-state index in [0.29, 0.717) is 24.5 Å². The van der Waals surface area contributed by atoms with Gasteiger partial charge in [-0.25, -0.2) is 9.97 Å². The number of benzene rings is 1. The zero-order chi connectivity index (χ0) is 18.6. The third-order valence-corrected chi connectivity index (χ3v) is 4.93. The van der Waals surface area contributed by atoms with Crippen LogP contribution in [0.2, 0.25) is 0 Å². The Balaban J connectivity index is 1.44. The molecule has 0 bridgehead atoms. The maximum atomic E-state index is 12.6. The van der Waals surface area contributed by atoms with Crippen LogP contribution >= 0.6 is 0 Å². The van der Waals surface area contributed by atoms with Crippen LogP contribution in [0.15, 0.2) is 54.7 Å². The van der Waals surface area contributed by atoms with Gasteiger partial charge in [0.25, 0.3) is 5.91 Å². The van der Waals surface area contributed by atoms with Crippen molar-refractivity contribution in [3.05, 3.63) is 71.9 Å². The van der Waals surface area contributed by atoms with Crippen LogP contribution < -0.4 is 0 Å². The first kappa shape index (κ1) is 17.0. The molecule has 27 heavy (non-hydrogen) atoms. The summed E-state index contributed by atoms with van der Waals surface area (Å²) in [6.45, 7) is 1.31. The van der Waals surface area contributed by atoms with E-state index in [-0.39, 0.29) is 11.8 Å². The van der Waals surface area contributed by atoms with Gasteiger partial charge in [-0.3, -0.25) is 4.79 Å². The van der Waals surface area contributed by atoms with Gasteiger partial charge in [-0.15, -0.1) is 0 Å². The number of hydrogen-bond acceptors (Lipinski definition) is 4. The smallest absolute Gasteiger partial charge is 0.270 e. The van der Waals surface area contributed by atoms with Gasteiger partial charge in [0.15, 0.2) is 0 Å². The van der Waals surface area contributed by atoms with Crippen LogP contribution in [0.1, 0.15) is 40.8 Å². The number of piperidine rings is 1. The van der Waals surface area contributed by atoms with Crippen molar-refractivity contribution in [2.24, 2.45) is 0 Å². The van der Waals surface area contributed by atoms with Crippen molar-refractivity contribution in [1.29, 1.82) is 5.26 Å². The number of hydrogen-bond donors (Lipinski definition) is 1. The Morgan fingerprint density at radius 1 is 1.11 bits per heavy atom. The molecular formula is C21H19N5O. The lowest BCUT2D eigenvalue weighted by Crippen LogP contribution is -2.38. The summed E-state index contributed by atoms with van der Waals surface area (Å²) in [4.78, 5) is 26.5. The standard InChI is InChI=1S/C21H19N5O/c22-14-17-6-7-19(24-17)21(27)26-12-9-16(10-13-26)20-23-11-8-18(25-20)15-4-2-1-3-5-15/h1-8,11,16,24H,9-10,12-13H2. The van der Waals surface area contributed by atoms with Crippen LogP contribution in [0.4, 0.5) is 0 Å². The Morgan fingerprint density at radius 3 is 2.59 bits per heavy atom. The fourth-order valence-electron chi connectivity index (χ4n) is 3.44. The van der Waals surface area contributed by atoms with Gasteiger partial charge in [-0.1, -0.05) is 30.3 Å². The van der Waals surface area contributed by atoms with Crippen LogP contribution in [-0.2, 0) is 0 Å². The van der Waals surface area contributed by atoms with Gasteiger partial charge < -0.3 is 9.88 Å². The molecule has 6 heteroatoms. The lowest BCUT2D eigenvalue weighted by molar-refractivity contribution is 0.0706. The minimum absolute atomic E-state index is 0.0612. The average Bonchev–Trinajstić information content (AvgIpc) is 3.23. The van der Waals surface area contributed by atoms with Crippen molar-refractivity contribution in [3.63, 3.8) is 0 Å². The third kappa shape index (κ3) is 3.58. The Labute approximate surface area is 157 Å². The lowest BCUT2D eigenvalue weighted by Gasteiger charge is -2.31. The second-order valence-electron chi connectivity index (χ2n) is 6.63. The Kier molecular flexibility index (Phi) is 4.67. The summed E-state index contributed by atoms with van der Waals surface area (Å²) in [6, 6.07) is 17.3. The maximum Gasteiger partial charge on any atom is 0.270 e. The molecule has 4 rings (SSSR count). The molecule has 6 nitrogen and oxygen atoms in total. The molecule has 0 saturated carbocycles. The molecule has 1 saturated heterocycles. The topological polar surface area (TPSA) is 85.7 Å². The van der Waals surface area contributed by atoms with Crippen LogP contribution in [0.25, 0.3) is 11.3 Å². The second-order valence-corrected chi connectivity index (χ2v) is 6.63. The fraction of sp³-hybridized carbons (Fsp3) is 0.238.